The minimum absolute atomic E-state index is 0.264. The second-order valence-corrected chi connectivity index (χ2v) is 5.60. The van der Waals surface area contributed by atoms with Crippen LogP contribution in [-0.4, -0.2) is 15.9 Å². The molecule has 0 aliphatic carbocycles. The number of aromatic nitrogens is 2. The lowest BCUT2D eigenvalue weighted by Crippen LogP contribution is -2.14. The Labute approximate surface area is 144 Å². The number of rotatable bonds is 4. The van der Waals surface area contributed by atoms with Gasteiger partial charge in [0.25, 0.3) is 5.91 Å². The number of anilines is 3. The van der Waals surface area contributed by atoms with Crippen LogP contribution in [0.25, 0.3) is 0 Å². The third kappa shape index (κ3) is 3.88. The van der Waals surface area contributed by atoms with E-state index in [1.165, 1.54) is 6.20 Å². The van der Waals surface area contributed by atoms with Crippen LogP contribution < -0.4 is 10.6 Å². The SMILES string of the molecule is Cc1ccc(NC(=O)c2ccnc(Nc3ccccc3Cl)n2)cc1. The van der Waals surface area contributed by atoms with Crippen LogP contribution in [0.5, 0.6) is 0 Å². The van der Waals surface area contributed by atoms with Crippen molar-refractivity contribution in [1.82, 2.24) is 9.97 Å². The van der Waals surface area contributed by atoms with E-state index in [-0.39, 0.29) is 11.6 Å². The molecule has 1 amide bonds. The molecular weight excluding hydrogens is 324 g/mol. The first-order valence-corrected chi connectivity index (χ1v) is 7.72. The maximum Gasteiger partial charge on any atom is 0.274 e. The first-order chi connectivity index (χ1) is 11.6. The van der Waals surface area contributed by atoms with Crippen molar-refractivity contribution in [2.24, 2.45) is 0 Å². The number of hydrogen-bond acceptors (Lipinski definition) is 4. The Morgan fingerprint density at radius 3 is 2.54 bits per heavy atom. The summed E-state index contributed by atoms with van der Waals surface area (Å²) in [6.07, 6.45) is 1.52. The second kappa shape index (κ2) is 7.10. The molecule has 5 nitrogen and oxygen atoms in total. The number of halogens is 1. The van der Waals surface area contributed by atoms with Crippen LogP contribution in [0, 0.1) is 6.92 Å². The number of amides is 1. The van der Waals surface area contributed by atoms with Crippen LogP contribution in [-0.2, 0) is 0 Å². The molecule has 120 valence electrons. The summed E-state index contributed by atoms with van der Waals surface area (Å²) in [6.45, 7) is 1.99. The van der Waals surface area contributed by atoms with Gasteiger partial charge in [0.1, 0.15) is 5.69 Å². The molecular formula is C18H15ClN4O. The number of carbonyl (C=O) groups excluding carboxylic acids is 1. The molecule has 0 saturated carbocycles. The van der Waals surface area contributed by atoms with Crippen molar-refractivity contribution >= 4 is 34.8 Å². The minimum Gasteiger partial charge on any atom is -0.323 e. The highest BCUT2D eigenvalue weighted by atomic mass is 35.5. The standard InChI is InChI=1S/C18H15ClN4O/c1-12-6-8-13(9-7-12)21-17(24)16-10-11-20-18(23-16)22-15-5-3-2-4-14(15)19/h2-11H,1H3,(H,21,24)(H,20,22,23). The first kappa shape index (κ1) is 16.0. The number of carbonyl (C=O) groups is 1. The predicted molar refractivity (Wildman–Crippen MR) is 95.9 cm³/mol. The van der Waals surface area contributed by atoms with Gasteiger partial charge in [0.2, 0.25) is 5.95 Å². The molecule has 2 N–H and O–H groups in total. The Morgan fingerprint density at radius 1 is 1.04 bits per heavy atom. The van der Waals surface area contributed by atoms with Gasteiger partial charge in [-0.15, -0.1) is 0 Å². The fourth-order valence-electron chi connectivity index (χ4n) is 2.06. The van der Waals surface area contributed by atoms with Crippen LogP contribution >= 0.6 is 11.6 Å². The number of para-hydroxylation sites is 1. The van der Waals surface area contributed by atoms with Crippen LogP contribution in [0.1, 0.15) is 16.1 Å². The van der Waals surface area contributed by atoms with E-state index < -0.39 is 0 Å². The zero-order chi connectivity index (χ0) is 16.9. The maximum atomic E-state index is 12.3. The molecule has 0 spiro atoms. The lowest BCUT2D eigenvalue weighted by atomic mass is 10.2. The van der Waals surface area contributed by atoms with Crippen molar-refractivity contribution in [2.75, 3.05) is 10.6 Å². The molecule has 3 aromatic rings. The molecule has 1 heterocycles. The molecule has 0 aliphatic heterocycles. The quantitative estimate of drug-likeness (QED) is 0.738. The number of benzene rings is 2. The molecule has 0 fully saturated rings. The van der Waals surface area contributed by atoms with Crippen molar-refractivity contribution in [3.05, 3.63) is 77.1 Å². The Kier molecular flexibility index (Phi) is 4.72. The molecule has 0 unspecified atom stereocenters. The first-order valence-electron chi connectivity index (χ1n) is 7.34. The van der Waals surface area contributed by atoms with Crippen LogP contribution in [0.3, 0.4) is 0 Å². The van der Waals surface area contributed by atoms with Crippen molar-refractivity contribution in [3.8, 4) is 0 Å². The van der Waals surface area contributed by atoms with Gasteiger partial charge in [0.15, 0.2) is 0 Å². The summed E-state index contributed by atoms with van der Waals surface area (Å²) >= 11 is 6.10. The molecule has 2 aromatic carbocycles. The fourth-order valence-corrected chi connectivity index (χ4v) is 2.24. The molecule has 0 atom stereocenters. The van der Waals surface area contributed by atoms with Crippen LogP contribution in [0.2, 0.25) is 5.02 Å². The fraction of sp³-hybridized carbons (Fsp3) is 0.0556. The third-order valence-electron chi connectivity index (χ3n) is 3.32. The van der Waals surface area contributed by atoms with E-state index in [0.717, 1.165) is 5.56 Å². The van der Waals surface area contributed by atoms with Gasteiger partial charge >= 0.3 is 0 Å². The largest absolute Gasteiger partial charge is 0.323 e. The monoisotopic (exact) mass is 338 g/mol. The lowest BCUT2D eigenvalue weighted by molar-refractivity contribution is 0.102. The van der Waals surface area contributed by atoms with Crippen molar-refractivity contribution in [3.63, 3.8) is 0 Å². The smallest absolute Gasteiger partial charge is 0.274 e. The van der Waals surface area contributed by atoms with E-state index in [9.17, 15) is 4.79 Å². The highest BCUT2D eigenvalue weighted by Crippen LogP contribution is 2.23. The zero-order valence-corrected chi connectivity index (χ0v) is 13.7. The molecule has 6 heteroatoms. The summed E-state index contributed by atoms with van der Waals surface area (Å²) in [7, 11) is 0. The predicted octanol–water partition coefficient (Wildman–Crippen LogP) is 4.43. The molecule has 1 aromatic heterocycles. The van der Waals surface area contributed by atoms with Gasteiger partial charge in [-0.25, -0.2) is 9.97 Å². The topological polar surface area (TPSA) is 66.9 Å². The summed E-state index contributed by atoms with van der Waals surface area (Å²) in [5, 5.41) is 6.36. The highest BCUT2D eigenvalue weighted by Gasteiger charge is 2.10. The minimum atomic E-state index is -0.302. The van der Waals surface area contributed by atoms with Crippen molar-refractivity contribution in [2.45, 2.75) is 6.92 Å². The van der Waals surface area contributed by atoms with Crippen molar-refractivity contribution in [1.29, 1.82) is 0 Å². The van der Waals surface area contributed by atoms with Gasteiger partial charge in [0, 0.05) is 11.9 Å². The van der Waals surface area contributed by atoms with Crippen molar-refractivity contribution < 1.29 is 4.79 Å². The number of aryl methyl sites for hydroxylation is 1. The van der Waals surface area contributed by atoms with E-state index in [0.29, 0.717) is 22.3 Å². The Balaban J connectivity index is 1.76. The maximum absolute atomic E-state index is 12.3. The molecule has 24 heavy (non-hydrogen) atoms. The van der Waals surface area contributed by atoms with E-state index in [1.54, 1.807) is 12.1 Å². The molecule has 0 saturated heterocycles. The highest BCUT2D eigenvalue weighted by molar-refractivity contribution is 6.33. The van der Waals surface area contributed by atoms with E-state index in [4.69, 9.17) is 11.6 Å². The molecule has 0 aliphatic rings. The third-order valence-corrected chi connectivity index (χ3v) is 3.65. The van der Waals surface area contributed by atoms with Gasteiger partial charge in [-0.1, -0.05) is 41.4 Å². The van der Waals surface area contributed by atoms with Crippen LogP contribution in [0.15, 0.2) is 60.8 Å². The van der Waals surface area contributed by atoms with Gasteiger partial charge in [-0.3, -0.25) is 4.79 Å². The number of nitrogens with one attached hydrogen (secondary N) is 2. The van der Waals surface area contributed by atoms with E-state index in [2.05, 4.69) is 20.6 Å². The van der Waals surface area contributed by atoms with Crippen LogP contribution in [0.4, 0.5) is 17.3 Å². The average Bonchev–Trinajstić information content (AvgIpc) is 2.59. The summed E-state index contributed by atoms with van der Waals surface area (Å²) in [5.41, 5.74) is 2.78. The molecule has 0 radical (unpaired) electrons. The van der Waals surface area contributed by atoms with Gasteiger partial charge in [-0.05, 0) is 37.3 Å². The van der Waals surface area contributed by atoms with E-state index >= 15 is 0 Å². The number of hydrogen-bond donors (Lipinski definition) is 2. The summed E-state index contributed by atoms with van der Waals surface area (Å²) in [6, 6.07) is 16.4. The number of nitrogens with zero attached hydrogens (tertiary/aromatic N) is 2. The summed E-state index contributed by atoms with van der Waals surface area (Å²) in [4.78, 5) is 20.7. The van der Waals surface area contributed by atoms with E-state index in [1.807, 2.05) is 49.4 Å². The molecule has 3 rings (SSSR count). The summed E-state index contributed by atoms with van der Waals surface area (Å²) in [5.74, 6) is 0.00289. The zero-order valence-electron chi connectivity index (χ0n) is 13.0. The Hall–Kier alpha value is -2.92. The van der Waals surface area contributed by atoms with Gasteiger partial charge in [-0.2, -0.15) is 0 Å². The van der Waals surface area contributed by atoms with Gasteiger partial charge < -0.3 is 10.6 Å². The second-order valence-electron chi connectivity index (χ2n) is 5.19. The molecule has 0 bridgehead atoms. The average molecular weight is 339 g/mol. The lowest BCUT2D eigenvalue weighted by Gasteiger charge is -2.08. The Morgan fingerprint density at radius 2 is 1.79 bits per heavy atom. The normalized spacial score (nSPS) is 10.2. The Bertz CT molecular complexity index is 865. The van der Waals surface area contributed by atoms with Gasteiger partial charge in [0.05, 0.1) is 10.7 Å². The summed E-state index contributed by atoms with van der Waals surface area (Å²) < 4.78 is 0.